The molecule has 0 spiro atoms. The van der Waals surface area contributed by atoms with E-state index in [4.69, 9.17) is 10.2 Å². The SMILES string of the molecule is CC(Cc1ccco1)NS(=O)(=O)c1cc(CN)n(C)c1. The molecule has 0 aliphatic heterocycles. The van der Waals surface area contributed by atoms with Crippen LogP contribution in [0.1, 0.15) is 18.4 Å². The number of hydrogen-bond acceptors (Lipinski definition) is 4. The van der Waals surface area contributed by atoms with Gasteiger partial charge in [-0.25, -0.2) is 13.1 Å². The van der Waals surface area contributed by atoms with Crippen LogP contribution in [0.2, 0.25) is 0 Å². The minimum Gasteiger partial charge on any atom is -0.469 e. The number of aromatic nitrogens is 1. The Bertz CT molecular complexity index is 659. The number of nitrogens with zero attached hydrogens (tertiary/aromatic N) is 1. The van der Waals surface area contributed by atoms with Gasteiger partial charge in [0.05, 0.1) is 11.2 Å². The van der Waals surface area contributed by atoms with E-state index in [1.54, 1.807) is 43.1 Å². The summed E-state index contributed by atoms with van der Waals surface area (Å²) >= 11 is 0. The summed E-state index contributed by atoms with van der Waals surface area (Å²) in [6, 6.07) is 4.93. The number of rotatable bonds is 6. The molecule has 2 aromatic rings. The predicted octanol–water partition coefficient (Wildman–Crippen LogP) is 0.986. The molecule has 0 radical (unpaired) electrons. The van der Waals surface area contributed by atoms with Crippen molar-refractivity contribution in [3.8, 4) is 0 Å². The van der Waals surface area contributed by atoms with Crippen molar-refractivity contribution in [2.45, 2.75) is 30.8 Å². The molecule has 6 nitrogen and oxygen atoms in total. The Morgan fingerprint density at radius 2 is 2.25 bits per heavy atom. The highest BCUT2D eigenvalue weighted by atomic mass is 32.2. The summed E-state index contributed by atoms with van der Waals surface area (Å²) in [5.41, 5.74) is 6.32. The maximum absolute atomic E-state index is 12.3. The topological polar surface area (TPSA) is 90.3 Å². The van der Waals surface area contributed by atoms with Crippen molar-refractivity contribution in [3.63, 3.8) is 0 Å². The van der Waals surface area contributed by atoms with E-state index >= 15 is 0 Å². The standard InChI is InChI=1S/C13H19N3O3S/c1-10(6-12-4-3-5-19-12)15-20(17,18)13-7-11(8-14)16(2)9-13/h3-5,7,9-10,15H,6,8,14H2,1-2H3. The van der Waals surface area contributed by atoms with Crippen molar-refractivity contribution in [1.29, 1.82) is 0 Å². The van der Waals surface area contributed by atoms with Gasteiger partial charge < -0.3 is 14.7 Å². The van der Waals surface area contributed by atoms with Crippen LogP contribution >= 0.6 is 0 Å². The maximum Gasteiger partial charge on any atom is 0.242 e. The molecule has 0 saturated carbocycles. The van der Waals surface area contributed by atoms with E-state index in [1.807, 2.05) is 6.07 Å². The van der Waals surface area contributed by atoms with Gasteiger partial charge in [-0.1, -0.05) is 0 Å². The van der Waals surface area contributed by atoms with Crippen molar-refractivity contribution in [1.82, 2.24) is 9.29 Å². The van der Waals surface area contributed by atoms with Crippen LogP contribution in [0, 0.1) is 0 Å². The zero-order valence-electron chi connectivity index (χ0n) is 11.5. The largest absolute Gasteiger partial charge is 0.469 e. The zero-order chi connectivity index (χ0) is 14.8. The van der Waals surface area contributed by atoms with Crippen LogP contribution < -0.4 is 10.5 Å². The van der Waals surface area contributed by atoms with Crippen molar-refractivity contribution < 1.29 is 12.8 Å². The van der Waals surface area contributed by atoms with Gasteiger partial charge in [-0.3, -0.25) is 0 Å². The van der Waals surface area contributed by atoms with E-state index in [0.717, 1.165) is 11.5 Å². The molecule has 1 atom stereocenters. The highest BCUT2D eigenvalue weighted by molar-refractivity contribution is 7.89. The molecule has 0 amide bonds. The molecule has 2 rings (SSSR count). The molecule has 3 N–H and O–H groups in total. The third-order valence-electron chi connectivity index (χ3n) is 3.05. The Labute approximate surface area is 118 Å². The second kappa shape index (κ2) is 5.82. The molecule has 0 aliphatic rings. The van der Waals surface area contributed by atoms with Gasteiger partial charge in [-0.15, -0.1) is 0 Å². The molecular formula is C13H19N3O3S. The van der Waals surface area contributed by atoms with Crippen LogP contribution in [0.25, 0.3) is 0 Å². The molecule has 0 fully saturated rings. The molecule has 2 heterocycles. The summed E-state index contributed by atoms with van der Waals surface area (Å²) in [5, 5.41) is 0. The average molecular weight is 297 g/mol. The van der Waals surface area contributed by atoms with E-state index in [9.17, 15) is 8.42 Å². The number of aryl methyl sites for hydroxylation is 1. The monoisotopic (exact) mass is 297 g/mol. The number of sulfonamides is 1. The first-order chi connectivity index (χ1) is 9.42. The molecule has 2 aromatic heterocycles. The smallest absolute Gasteiger partial charge is 0.242 e. The summed E-state index contributed by atoms with van der Waals surface area (Å²) in [6.07, 6.45) is 3.63. The van der Waals surface area contributed by atoms with Gasteiger partial charge >= 0.3 is 0 Å². The Hall–Kier alpha value is -1.57. The first-order valence-corrected chi connectivity index (χ1v) is 7.80. The van der Waals surface area contributed by atoms with E-state index in [1.165, 1.54) is 0 Å². The lowest BCUT2D eigenvalue weighted by molar-refractivity contribution is 0.479. The maximum atomic E-state index is 12.3. The molecule has 7 heteroatoms. The van der Waals surface area contributed by atoms with Crippen LogP contribution in [0.15, 0.2) is 40.0 Å². The van der Waals surface area contributed by atoms with Gasteiger partial charge in [0.25, 0.3) is 0 Å². The summed E-state index contributed by atoms with van der Waals surface area (Å²) in [6.45, 7) is 2.10. The summed E-state index contributed by atoms with van der Waals surface area (Å²) < 4.78 is 34.1. The Balaban J connectivity index is 2.10. The molecular weight excluding hydrogens is 278 g/mol. The van der Waals surface area contributed by atoms with Crippen molar-refractivity contribution in [2.24, 2.45) is 12.8 Å². The molecule has 0 aromatic carbocycles. The van der Waals surface area contributed by atoms with E-state index in [-0.39, 0.29) is 10.9 Å². The summed E-state index contributed by atoms with van der Waals surface area (Å²) in [4.78, 5) is 0.228. The Morgan fingerprint density at radius 1 is 1.50 bits per heavy atom. The van der Waals surface area contributed by atoms with Crippen molar-refractivity contribution in [2.75, 3.05) is 0 Å². The highest BCUT2D eigenvalue weighted by Crippen LogP contribution is 2.14. The second-order valence-electron chi connectivity index (χ2n) is 4.79. The summed E-state index contributed by atoms with van der Waals surface area (Å²) in [5.74, 6) is 0.746. The fourth-order valence-electron chi connectivity index (χ4n) is 2.03. The molecule has 110 valence electrons. The number of furan rings is 1. The molecule has 1 unspecified atom stereocenters. The first kappa shape index (κ1) is 14.8. The van der Waals surface area contributed by atoms with Crippen molar-refractivity contribution >= 4 is 10.0 Å². The highest BCUT2D eigenvalue weighted by Gasteiger charge is 2.20. The van der Waals surface area contributed by atoms with Gasteiger partial charge in [0.15, 0.2) is 0 Å². The van der Waals surface area contributed by atoms with Gasteiger partial charge in [0.2, 0.25) is 10.0 Å². The molecule has 0 aliphatic carbocycles. The summed E-state index contributed by atoms with van der Waals surface area (Å²) in [7, 11) is -1.77. The van der Waals surface area contributed by atoms with Gasteiger partial charge in [0.1, 0.15) is 5.76 Å². The lowest BCUT2D eigenvalue weighted by Gasteiger charge is -2.12. The predicted molar refractivity (Wildman–Crippen MR) is 75.5 cm³/mol. The zero-order valence-corrected chi connectivity index (χ0v) is 12.4. The average Bonchev–Trinajstić information content (AvgIpc) is 2.97. The van der Waals surface area contributed by atoms with Crippen molar-refractivity contribution in [3.05, 3.63) is 42.1 Å². The van der Waals surface area contributed by atoms with Gasteiger partial charge in [-0.2, -0.15) is 0 Å². The quantitative estimate of drug-likeness (QED) is 0.832. The fraction of sp³-hybridized carbons (Fsp3) is 0.385. The second-order valence-corrected chi connectivity index (χ2v) is 6.50. The third kappa shape index (κ3) is 3.30. The van der Waals surface area contributed by atoms with Crippen LogP contribution in [0.3, 0.4) is 0 Å². The first-order valence-electron chi connectivity index (χ1n) is 6.32. The normalized spacial score (nSPS) is 13.6. The van der Waals surface area contributed by atoms with E-state index < -0.39 is 10.0 Å². The van der Waals surface area contributed by atoms with Crippen LogP contribution in [-0.4, -0.2) is 19.0 Å². The van der Waals surface area contributed by atoms with Crippen LogP contribution in [0.5, 0.6) is 0 Å². The molecule has 0 bridgehead atoms. The van der Waals surface area contributed by atoms with Gasteiger partial charge in [-0.05, 0) is 25.1 Å². The minimum atomic E-state index is -3.54. The number of hydrogen-bond donors (Lipinski definition) is 2. The number of nitrogens with one attached hydrogen (secondary N) is 1. The number of nitrogens with two attached hydrogens (primary N) is 1. The van der Waals surface area contributed by atoms with Crippen LogP contribution in [0.4, 0.5) is 0 Å². The van der Waals surface area contributed by atoms with Gasteiger partial charge in [0, 0.05) is 37.9 Å². The lowest BCUT2D eigenvalue weighted by Crippen LogP contribution is -2.33. The molecule has 0 saturated heterocycles. The third-order valence-corrected chi connectivity index (χ3v) is 4.60. The lowest BCUT2D eigenvalue weighted by atomic mass is 10.2. The van der Waals surface area contributed by atoms with E-state index in [2.05, 4.69) is 4.72 Å². The minimum absolute atomic E-state index is 0.228. The van der Waals surface area contributed by atoms with E-state index in [0.29, 0.717) is 13.0 Å². The Morgan fingerprint density at radius 3 is 2.80 bits per heavy atom. The van der Waals surface area contributed by atoms with Crippen LogP contribution in [-0.2, 0) is 30.0 Å². The fourth-order valence-corrected chi connectivity index (χ4v) is 3.37. The Kier molecular flexibility index (Phi) is 4.32. The molecule has 20 heavy (non-hydrogen) atoms.